The van der Waals surface area contributed by atoms with Gasteiger partial charge in [-0.2, -0.15) is 5.10 Å². The fraction of sp³-hybridized carbons (Fsp3) is 0.182. The molecule has 1 aromatic heterocycles. The van der Waals surface area contributed by atoms with Gasteiger partial charge < -0.3 is 0 Å². The lowest BCUT2D eigenvalue weighted by Crippen LogP contribution is -2.03. The summed E-state index contributed by atoms with van der Waals surface area (Å²) >= 11 is 5.65. The molecule has 2 rings (SSSR count). The molecule has 1 aromatic carbocycles. The van der Waals surface area contributed by atoms with Gasteiger partial charge in [0.05, 0.1) is 23.2 Å². The molecule has 5 nitrogen and oxygen atoms in total. The molecule has 17 heavy (non-hydrogen) atoms. The molecular weight excluding hydrogens is 242 g/mol. The third-order valence-corrected chi connectivity index (χ3v) is 2.78. The standard InChI is InChI=1S/C11H10ClN3O2/c1-8(5-12)7-14-11-4-10(15(16)17)3-2-9(11)6-13-14/h2-4,6H,1,5,7H2. The SMILES string of the molecule is C=C(CCl)Cn1ncc2ccc([N+](=O)[O-])cc21. The van der Waals surface area contributed by atoms with E-state index in [2.05, 4.69) is 11.7 Å². The smallest absolute Gasteiger partial charge is 0.260 e. The van der Waals surface area contributed by atoms with E-state index < -0.39 is 4.92 Å². The molecule has 88 valence electrons. The average Bonchev–Trinajstić information content (AvgIpc) is 2.71. The van der Waals surface area contributed by atoms with Gasteiger partial charge in [0.1, 0.15) is 0 Å². The highest BCUT2D eigenvalue weighted by molar-refractivity contribution is 6.19. The number of halogens is 1. The highest BCUT2D eigenvalue weighted by Crippen LogP contribution is 2.21. The van der Waals surface area contributed by atoms with Crippen molar-refractivity contribution in [2.45, 2.75) is 6.54 Å². The highest BCUT2D eigenvalue weighted by Gasteiger charge is 2.10. The Labute approximate surface area is 102 Å². The van der Waals surface area contributed by atoms with Crippen molar-refractivity contribution in [1.82, 2.24) is 9.78 Å². The summed E-state index contributed by atoms with van der Waals surface area (Å²) in [5.41, 5.74) is 1.57. The number of aromatic nitrogens is 2. The third kappa shape index (κ3) is 2.29. The van der Waals surface area contributed by atoms with Gasteiger partial charge in [0, 0.05) is 23.4 Å². The third-order valence-electron chi connectivity index (χ3n) is 2.40. The van der Waals surface area contributed by atoms with E-state index in [-0.39, 0.29) is 5.69 Å². The second-order valence-corrected chi connectivity index (χ2v) is 3.95. The van der Waals surface area contributed by atoms with Crippen LogP contribution in [-0.4, -0.2) is 20.6 Å². The van der Waals surface area contributed by atoms with Gasteiger partial charge in [0.2, 0.25) is 0 Å². The molecule has 0 atom stereocenters. The maximum atomic E-state index is 10.7. The molecule has 0 aliphatic carbocycles. The van der Waals surface area contributed by atoms with Crippen molar-refractivity contribution in [2.24, 2.45) is 0 Å². The summed E-state index contributed by atoms with van der Waals surface area (Å²) in [7, 11) is 0. The average molecular weight is 252 g/mol. The van der Waals surface area contributed by atoms with Crippen molar-refractivity contribution < 1.29 is 4.92 Å². The number of nitro groups is 1. The zero-order valence-corrected chi connectivity index (χ0v) is 9.72. The number of non-ortho nitro benzene ring substituents is 1. The lowest BCUT2D eigenvalue weighted by molar-refractivity contribution is -0.384. The maximum Gasteiger partial charge on any atom is 0.271 e. The number of nitrogens with zero attached hydrogens (tertiary/aromatic N) is 3. The Bertz CT molecular complexity index is 591. The zero-order chi connectivity index (χ0) is 12.4. The van der Waals surface area contributed by atoms with Crippen LogP contribution < -0.4 is 0 Å². The van der Waals surface area contributed by atoms with Crippen molar-refractivity contribution in [2.75, 3.05) is 5.88 Å². The van der Waals surface area contributed by atoms with Gasteiger partial charge in [-0.3, -0.25) is 14.8 Å². The summed E-state index contributed by atoms with van der Waals surface area (Å²) in [5.74, 6) is 0.344. The Morgan fingerprint density at radius 2 is 2.35 bits per heavy atom. The Kier molecular flexibility index (Phi) is 3.10. The van der Waals surface area contributed by atoms with Crippen LogP contribution in [0.2, 0.25) is 0 Å². The van der Waals surface area contributed by atoms with Crippen LogP contribution in [0.1, 0.15) is 0 Å². The van der Waals surface area contributed by atoms with E-state index in [4.69, 9.17) is 11.6 Å². The molecule has 0 aliphatic rings. The molecule has 6 heteroatoms. The number of benzene rings is 1. The largest absolute Gasteiger partial charge is 0.271 e. The molecule has 0 N–H and O–H groups in total. The Hall–Kier alpha value is -1.88. The van der Waals surface area contributed by atoms with Crippen LogP contribution in [0.4, 0.5) is 5.69 Å². The summed E-state index contributed by atoms with van der Waals surface area (Å²) in [5, 5.41) is 15.7. The molecule has 0 amide bonds. The van der Waals surface area contributed by atoms with E-state index in [9.17, 15) is 10.1 Å². The molecule has 0 unspecified atom stereocenters. The van der Waals surface area contributed by atoms with Crippen LogP contribution in [0.5, 0.6) is 0 Å². The van der Waals surface area contributed by atoms with Crippen LogP contribution in [0.25, 0.3) is 10.9 Å². The monoisotopic (exact) mass is 251 g/mol. The first-order chi connectivity index (χ1) is 8.11. The van der Waals surface area contributed by atoms with E-state index in [1.807, 2.05) is 0 Å². The normalized spacial score (nSPS) is 10.6. The van der Waals surface area contributed by atoms with Gasteiger partial charge in [0.25, 0.3) is 5.69 Å². The number of hydrogen-bond acceptors (Lipinski definition) is 3. The van der Waals surface area contributed by atoms with Crippen LogP contribution in [0, 0.1) is 10.1 Å². The minimum Gasteiger partial charge on any atom is -0.260 e. The van der Waals surface area contributed by atoms with Crippen molar-refractivity contribution >= 4 is 28.2 Å². The van der Waals surface area contributed by atoms with E-state index in [1.54, 1.807) is 16.9 Å². The number of fused-ring (bicyclic) bond motifs is 1. The zero-order valence-electron chi connectivity index (χ0n) is 8.97. The molecule has 2 aromatic rings. The molecule has 0 bridgehead atoms. The number of alkyl halides is 1. The first-order valence-corrected chi connectivity index (χ1v) is 5.48. The Balaban J connectivity index is 2.46. The van der Waals surface area contributed by atoms with Crippen LogP contribution in [0.15, 0.2) is 36.5 Å². The van der Waals surface area contributed by atoms with Crippen molar-refractivity contribution in [3.05, 3.63) is 46.7 Å². The molecule has 0 saturated heterocycles. The molecule has 0 saturated carbocycles. The quantitative estimate of drug-likeness (QED) is 0.363. The summed E-state index contributed by atoms with van der Waals surface area (Å²) in [4.78, 5) is 10.3. The lowest BCUT2D eigenvalue weighted by atomic mass is 10.2. The van der Waals surface area contributed by atoms with E-state index >= 15 is 0 Å². The molecule has 0 aliphatic heterocycles. The highest BCUT2D eigenvalue weighted by atomic mass is 35.5. The Morgan fingerprint density at radius 3 is 3.00 bits per heavy atom. The van der Waals surface area contributed by atoms with E-state index in [0.717, 1.165) is 11.0 Å². The first kappa shape index (κ1) is 11.6. The first-order valence-electron chi connectivity index (χ1n) is 4.94. The topological polar surface area (TPSA) is 61.0 Å². The number of hydrogen-bond donors (Lipinski definition) is 0. The summed E-state index contributed by atoms with van der Waals surface area (Å²) < 4.78 is 1.66. The summed E-state index contributed by atoms with van der Waals surface area (Å²) in [6, 6.07) is 4.65. The maximum absolute atomic E-state index is 10.7. The predicted molar refractivity (Wildman–Crippen MR) is 66.2 cm³/mol. The minimum atomic E-state index is -0.423. The predicted octanol–water partition coefficient (Wildman–Crippen LogP) is 2.74. The molecular formula is C11H10ClN3O2. The fourth-order valence-electron chi connectivity index (χ4n) is 1.55. The van der Waals surface area contributed by atoms with E-state index in [0.29, 0.717) is 17.9 Å². The second-order valence-electron chi connectivity index (χ2n) is 3.69. The van der Waals surface area contributed by atoms with E-state index in [1.165, 1.54) is 12.1 Å². The van der Waals surface area contributed by atoms with Gasteiger partial charge >= 0.3 is 0 Å². The van der Waals surface area contributed by atoms with Crippen LogP contribution in [0.3, 0.4) is 0 Å². The Morgan fingerprint density at radius 1 is 1.59 bits per heavy atom. The number of allylic oxidation sites excluding steroid dienone is 1. The second kappa shape index (κ2) is 4.55. The van der Waals surface area contributed by atoms with Crippen LogP contribution >= 0.6 is 11.6 Å². The minimum absolute atomic E-state index is 0.0516. The van der Waals surface area contributed by atoms with Crippen molar-refractivity contribution in [1.29, 1.82) is 0 Å². The van der Waals surface area contributed by atoms with Gasteiger partial charge in [0.15, 0.2) is 0 Å². The number of nitro benzene ring substituents is 1. The molecule has 0 fully saturated rings. The lowest BCUT2D eigenvalue weighted by Gasteiger charge is -2.03. The van der Waals surface area contributed by atoms with Gasteiger partial charge in [-0.1, -0.05) is 6.58 Å². The van der Waals surface area contributed by atoms with Crippen LogP contribution in [-0.2, 0) is 6.54 Å². The van der Waals surface area contributed by atoms with Crippen molar-refractivity contribution in [3.8, 4) is 0 Å². The molecule has 0 spiro atoms. The van der Waals surface area contributed by atoms with Gasteiger partial charge in [-0.15, -0.1) is 11.6 Å². The van der Waals surface area contributed by atoms with Gasteiger partial charge in [-0.25, -0.2) is 0 Å². The summed E-state index contributed by atoms with van der Waals surface area (Å²) in [6.45, 7) is 4.25. The molecule has 0 radical (unpaired) electrons. The fourth-order valence-corrected chi connectivity index (χ4v) is 1.64. The number of rotatable bonds is 4. The summed E-state index contributed by atoms with van der Waals surface area (Å²) in [6.07, 6.45) is 1.67. The van der Waals surface area contributed by atoms with Crippen molar-refractivity contribution in [3.63, 3.8) is 0 Å². The van der Waals surface area contributed by atoms with Gasteiger partial charge in [-0.05, 0) is 11.6 Å². The molecule has 1 heterocycles.